The third kappa shape index (κ3) is 5.49. The van der Waals surface area contributed by atoms with Gasteiger partial charge < -0.3 is 19.3 Å². The number of nitrogens with one attached hydrogen (secondary N) is 1. The largest absolute Gasteiger partial charge is 0.493 e. The molecule has 1 aliphatic heterocycles. The van der Waals surface area contributed by atoms with Gasteiger partial charge in [0.1, 0.15) is 12.4 Å². The predicted octanol–water partition coefficient (Wildman–Crippen LogP) is 4.31. The highest BCUT2D eigenvalue weighted by molar-refractivity contribution is 7.89. The molecule has 186 valence electrons. The Morgan fingerprint density at radius 3 is 2.40 bits per heavy atom. The summed E-state index contributed by atoms with van der Waals surface area (Å²) in [4.78, 5) is 13.0. The molecular weight excluding hydrogens is 470 g/mol. The van der Waals surface area contributed by atoms with Crippen molar-refractivity contribution in [2.24, 2.45) is 0 Å². The van der Waals surface area contributed by atoms with Gasteiger partial charge in [-0.15, -0.1) is 0 Å². The number of amides is 1. The van der Waals surface area contributed by atoms with Crippen molar-refractivity contribution in [3.05, 3.63) is 65.0 Å². The highest BCUT2D eigenvalue weighted by Crippen LogP contribution is 2.30. The van der Waals surface area contributed by atoms with Crippen LogP contribution in [-0.2, 0) is 16.6 Å². The van der Waals surface area contributed by atoms with Gasteiger partial charge in [0, 0.05) is 24.3 Å². The summed E-state index contributed by atoms with van der Waals surface area (Å²) in [5, 5.41) is 6.71. The summed E-state index contributed by atoms with van der Waals surface area (Å²) in [6.07, 6.45) is 2.80. The molecule has 3 aromatic rings. The number of rotatable bonds is 8. The quantitative estimate of drug-likeness (QED) is 0.492. The Balaban J connectivity index is 1.43. The van der Waals surface area contributed by atoms with E-state index in [4.69, 9.17) is 14.0 Å². The van der Waals surface area contributed by atoms with Gasteiger partial charge >= 0.3 is 0 Å². The van der Waals surface area contributed by atoms with E-state index in [1.165, 1.54) is 23.5 Å². The van der Waals surface area contributed by atoms with Crippen LogP contribution in [-0.4, -0.2) is 44.0 Å². The Kier molecular flexibility index (Phi) is 7.42. The number of benzene rings is 2. The molecule has 1 aliphatic rings. The predicted molar refractivity (Wildman–Crippen MR) is 130 cm³/mol. The second-order valence-electron chi connectivity index (χ2n) is 8.40. The highest BCUT2D eigenvalue weighted by Gasteiger charge is 2.25. The zero-order chi connectivity index (χ0) is 25.0. The lowest BCUT2D eigenvalue weighted by Crippen LogP contribution is -2.35. The first-order valence-corrected chi connectivity index (χ1v) is 12.9. The molecule has 0 radical (unpaired) electrons. The van der Waals surface area contributed by atoms with Crippen molar-refractivity contribution in [2.75, 3.05) is 25.5 Å². The van der Waals surface area contributed by atoms with Crippen molar-refractivity contribution in [1.29, 1.82) is 0 Å². The van der Waals surface area contributed by atoms with Gasteiger partial charge in [-0.05, 0) is 69.2 Å². The standard InChI is InChI=1S/C25H29N3O6S/c1-17-22(18(2)34-27-17)16-33-23-12-7-19(15-24(23)32-3)25(29)26-20-8-10-21(11-9-20)35(30,31)28-13-5-4-6-14-28/h7-12,15H,4-6,13-14,16H2,1-3H3,(H,26,29). The molecule has 10 heteroatoms. The van der Waals surface area contributed by atoms with Crippen molar-refractivity contribution >= 4 is 21.6 Å². The molecule has 0 aliphatic carbocycles. The van der Waals surface area contributed by atoms with E-state index in [9.17, 15) is 13.2 Å². The normalized spacial score (nSPS) is 14.5. The van der Waals surface area contributed by atoms with Crippen LogP contribution >= 0.6 is 0 Å². The fourth-order valence-electron chi connectivity index (χ4n) is 3.95. The number of aryl methyl sites for hydroxylation is 2. The lowest BCUT2D eigenvalue weighted by atomic mass is 10.1. The SMILES string of the molecule is COc1cc(C(=O)Nc2ccc(S(=O)(=O)N3CCCCC3)cc2)ccc1OCc1c(C)noc1C. The van der Waals surface area contributed by atoms with E-state index in [1.807, 2.05) is 13.8 Å². The fourth-order valence-corrected chi connectivity index (χ4v) is 5.47. The number of methoxy groups -OCH3 is 1. The van der Waals surface area contributed by atoms with Crippen molar-refractivity contribution in [3.63, 3.8) is 0 Å². The average molecular weight is 500 g/mol. The summed E-state index contributed by atoms with van der Waals surface area (Å²) in [5.74, 6) is 1.23. The molecule has 35 heavy (non-hydrogen) atoms. The van der Waals surface area contributed by atoms with Gasteiger partial charge in [0.15, 0.2) is 11.5 Å². The Bertz CT molecular complexity index is 1280. The third-order valence-corrected chi connectivity index (χ3v) is 7.96. The third-order valence-electron chi connectivity index (χ3n) is 6.04. The van der Waals surface area contributed by atoms with E-state index in [1.54, 1.807) is 30.3 Å². The smallest absolute Gasteiger partial charge is 0.255 e. The summed E-state index contributed by atoms with van der Waals surface area (Å²) >= 11 is 0. The maximum atomic E-state index is 12.8. The number of aromatic nitrogens is 1. The van der Waals surface area contributed by atoms with E-state index in [2.05, 4.69) is 10.5 Å². The number of piperidine rings is 1. The van der Waals surface area contributed by atoms with Crippen molar-refractivity contribution in [2.45, 2.75) is 44.6 Å². The van der Waals surface area contributed by atoms with Crippen LogP contribution in [0.2, 0.25) is 0 Å². The van der Waals surface area contributed by atoms with Gasteiger partial charge in [0.05, 0.1) is 23.3 Å². The van der Waals surface area contributed by atoms with E-state index >= 15 is 0 Å². The second kappa shape index (κ2) is 10.5. The monoisotopic (exact) mass is 499 g/mol. The van der Waals surface area contributed by atoms with Gasteiger partial charge in [-0.25, -0.2) is 8.42 Å². The van der Waals surface area contributed by atoms with Crippen LogP contribution in [0.5, 0.6) is 11.5 Å². The van der Waals surface area contributed by atoms with Gasteiger partial charge in [-0.2, -0.15) is 4.31 Å². The van der Waals surface area contributed by atoms with Crippen LogP contribution in [0, 0.1) is 13.8 Å². The van der Waals surface area contributed by atoms with Crippen LogP contribution in [0.1, 0.15) is 46.6 Å². The molecule has 9 nitrogen and oxygen atoms in total. The van der Waals surface area contributed by atoms with Crippen molar-refractivity contribution in [1.82, 2.24) is 9.46 Å². The van der Waals surface area contributed by atoms with Crippen LogP contribution in [0.4, 0.5) is 5.69 Å². The molecule has 1 N–H and O–H groups in total. The van der Waals surface area contributed by atoms with Gasteiger partial charge in [-0.1, -0.05) is 11.6 Å². The number of anilines is 1. The molecule has 2 aromatic carbocycles. The maximum absolute atomic E-state index is 12.8. The minimum absolute atomic E-state index is 0.221. The summed E-state index contributed by atoms with van der Waals surface area (Å²) in [6, 6.07) is 11.1. The number of carbonyl (C=O) groups excluding carboxylic acids is 1. The molecule has 1 fully saturated rings. The molecule has 4 rings (SSSR count). The van der Waals surface area contributed by atoms with Crippen molar-refractivity contribution < 1.29 is 27.2 Å². The Hall–Kier alpha value is -3.37. The van der Waals surface area contributed by atoms with Crippen LogP contribution in [0.3, 0.4) is 0 Å². The minimum atomic E-state index is -3.52. The van der Waals surface area contributed by atoms with Crippen LogP contribution in [0.25, 0.3) is 0 Å². The Morgan fingerprint density at radius 1 is 1.06 bits per heavy atom. The lowest BCUT2D eigenvalue weighted by Gasteiger charge is -2.25. The number of hydrogen-bond donors (Lipinski definition) is 1. The first kappa shape index (κ1) is 24.7. The van der Waals surface area contributed by atoms with E-state index in [0.29, 0.717) is 41.6 Å². The molecule has 1 saturated heterocycles. The summed E-state index contributed by atoms with van der Waals surface area (Å²) in [7, 11) is -2.02. The lowest BCUT2D eigenvalue weighted by molar-refractivity contribution is 0.102. The van der Waals surface area contributed by atoms with Crippen LogP contribution in [0.15, 0.2) is 51.9 Å². The number of carbonyl (C=O) groups is 1. The second-order valence-corrected chi connectivity index (χ2v) is 10.3. The molecule has 1 amide bonds. The zero-order valence-corrected chi connectivity index (χ0v) is 20.9. The van der Waals surface area contributed by atoms with E-state index in [0.717, 1.165) is 30.5 Å². The topological polar surface area (TPSA) is 111 Å². The summed E-state index contributed by atoms with van der Waals surface area (Å²) in [5.41, 5.74) is 2.48. The van der Waals surface area contributed by atoms with Gasteiger partial charge in [-0.3, -0.25) is 4.79 Å². The number of hydrogen-bond acceptors (Lipinski definition) is 7. The van der Waals surface area contributed by atoms with Crippen molar-refractivity contribution in [3.8, 4) is 11.5 Å². The fraction of sp³-hybridized carbons (Fsp3) is 0.360. The average Bonchev–Trinajstić information content (AvgIpc) is 3.20. The first-order valence-electron chi connectivity index (χ1n) is 11.4. The van der Waals surface area contributed by atoms with Gasteiger partial charge in [0.25, 0.3) is 5.91 Å². The molecule has 0 spiro atoms. The molecule has 2 heterocycles. The first-order chi connectivity index (χ1) is 16.8. The molecule has 0 saturated carbocycles. The zero-order valence-electron chi connectivity index (χ0n) is 20.0. The summed E-state index contributed by atoms with van der Waals surface area (Å²) in [6.45, 7) is 5.01. The minimum Gasteiger partial charge on any atom is -0.493 e. The molecule has 0 unspecified atom stereocenters. The number of ether oxygens (including phenoxy) is 2. The molecule has 1 aromatic heterocycles. The molecular formula is C25H29N3O6S. The number of sulfonamides is 1. The van der Waals surface area contributed by atoms with E-state index in [-0.39, 0.29) is 17.4 Å². The molecule has 0 atom stereocenters. The number of nitrogens with zero attached hydrogens (tertiary/aromatic N) is 2. The van der Waals surface area contributed by atoms with Crippen LogP contribution < -0.4 is 14.8 Å². The van der Waals surface area contributed by atoms with Gasteiger partial charge in [0.2, 0.25) is 10.0 Å². The Labute approximate surface area is 205 Å². The molecule has 0 bridgehead atoms. The van der Waals surface area contributed by atoms with E-state index < -0.39 is 10.0 Å². The summed E-state index contributed by atoms with van der Waals surface area (Å²) < 4.78 is 43.6. The highest BCUT2D eigenvalue weighted by atomic mass is 32.2. The Morgan fingerprint density at radius 2 is 1.77 bits per heavy atom. The maximum Gasteiger partial charge on any atom is 0.255 e.